The lowest BCUT2D eigenvalue weighted by atomic mass is 9.95. The van der Waals surface area contributed by atoms with Gasteiger partial charge in [0.1, 0.15) is 0 Å². The van der Waals surface area contributed by atoms with E-state index in [1.54, 1.807) is 6.20 Å². The summed E-state index contributed by atoms with van der Waals surface area (Å²) in [5, 5.41) is 3.02. The van der Waals surface area contributed by atoms with Gasteiger partial charge in [-0.15, -0.1) is 0 Å². The molecule has 0 radical (unpaired) electrons. The average Bonchev–Trinajstić information content (AvgIpc) is 2.54. The first kappa shape index (κ1) is 16.5. The van der Waals surface area contributed by atoms with Crippen LogP contribution in [0.25, 0.3) is 0 Å². The summed E-state index contributed by atoms with van der Waals surface area (Å²) in [5.41, 5.74) is 0.849. The monoisotopic (exact) mass is 303 g/mol. The Balaban J connectivity index is 1.93. The molecule has 1 aliphatic rings. The Bertz CT molecular complexity index is 516. The van der Waals surface area contributed by atoms with E-state index in [1.165, 1.54) is 0 Å². The molecule has 1 aromatic rings. The Kier molecular flexibility index (Phi) is 5.52. The third-order valence-corrected chi connectivity index (χ3v) is 4.09. The normalized spacial score (nSPS) is 19.8. The zero-order valence-corrected chi connectivity index (χ0v) is 13.6. The summed E-state index contributed by atoms with van der Waals surface area (Å²) in [6, 6.07) is 5.55. The molecule has 120 valence electrons. The van der Waals surface area contributed by atoms with Crippen molar-refractivity contribution in [3.63, 3.8) is 0 Å². The van der Waals surface area contributed by atoms with Crippen LogP contribution in [-0.4, -0.2) is 34.8 Å². The number of piperidine rings is 1. The quantitative estimate of drug-likeness (QED) is 0.927. The van der Waals surface area contributed by atoms with Crippen LogP contribution in [0.15, 0.2) is 24.4 Å². The summed E-state index contributed by atoms with van der Waals surface area (Å²) < 4.78 is 0. The highest BCUT2D eigenvalue weighted by atomic mass is 16.2. The molecule has 2 rings (SSSR count). The molecular formula is C17H25N3O2. The van der Waals surface area contributed by atoms with E-state index in [0.717, 1.165) is 25.1 Å². The van der Waals surface area contributed by atoms with Crippen LogP contribution in [0.5, 0.6) is 0 Å². The summed E-state index contributed by atoms with van der Waals surface area (Å²) >= 11 is 0. The number of amides is 2. The lowest BCUT2D eigenvalue weighted by Gasteiger charge is -2.33. The van der Waals surface area contributed by atoms with Crippen LogP contribution < -0.4 is 5.32 Å². The van der Waals surface area contributed by atoms with Crippen molar-refractivity contribution in [3.05, 3.63) is 30.1 Å². The number of rotatable bonds is 4. The van der Waals surface area contributed by atoms with Crippen LogP contribution in [-0.2, 0) is 9.59 Å². The number of aromatic nitrogens is 1. The van der Waals surface area contributed by atoms with Crippen LogP contribution >= 0.6 is 0 Å². The van der Waals surface area contributed by atoms with E-state index < -0.39 is 0 Å². The number of likely N-dealkylation sites (tertiary alicyclic amines) is 1. The molecule has 2 amide bonds. The molecule has 0 saturated carbocycles. The molecule has 0 aliphatic carbocycles. The van der Waals surface area contributed by atoms with E-state index >= 15 is 0 Å². The van der Waals surface area contributed by atoms with E-state index in [2.05, 4.69) is 10.3 Å². The second kappa shape index (κ2) is 7.38. The van der Waals surface area contributed by atoms with Gasteiger partial charge in [-0.2, -0.15) is 0 Å². The van der Waals surface area contributed by atoms with Crippen LogP contribution in [0.4, 0.5) is 0 Å². The van der Waals surface area contributed by atoms with Gasteiger partial charge >= 0.3 is 0 Å². The predicted molar refractivity (Wildman–Crippen MR) is 84.9 cm³/mol. The smallest absolute Gasteiger partial charge is 0.225 e. The predicted octanol–water partition coefficient (Wildman–Crippen LogP) is 2.15. The van der Waals surface area contributed by atoms with Gasteiger partial charge in [-0.3, -0.25) is 14.6 Å². The Morgan fingerprint density at radius 1 is 1.32 bits per heavy atom. The van der Waals surface area contributed by atoms with Crippen LogP contribution in [0.1, 0.15) is 45.3 Å². The molecule has 5 nitrogen and oxygen atoms in total. The Hall–Kier alpha value is -1.91. The maximum atomic E-state index is 12.4. The van der Waals surface area contributed by atoms with E-state index in [9.17, 15) is 9.59 Å². The zero-order valence-electron chi connectivity index (χ0n) is 13.6. The van der Waals surface area contributed by atoms with Crippen molar-refractivity contribution < 1.29 is 9.59 Å². The first-order chi connectivity index (χ1) is 10.5. The largest absolute Gasteiger partial charge is 0.348 e. The number of hydrogen-bond acceptors (Lipinski definition) is 3. The van der Waals surface area contributed by atoms with Gasteiger partial charge < -0.3 is 10.2 Å². The molecule has 1 aliphatic heterocycles. The van der Waals surface area contributed by atoms with Crippen molar-refractivity contribution in [1.82, 2.24) is 15.2 Å². The lowest BCUT2D eigenvalue weighted by Crippen LogP contribution is -2.47. The van der Waals surface area contributed by atoms with Crippen molar-refractivity contribution in [2.45, 2.75) is 39.7 Å². The van der Waals surface area contributed by atoms with Crippen LogP contribution in [0.3, 0.4) is 0 Å². The van der Waals surface area contributed by atoms with Gasteiger partial charge in [0.25, 0.3) is 0 Å². The molecule has 1 aromatic heterocycles. The van der Waals surface area contributed by atoms with E-state index in [1.807, 2.05) is 43.9 Å². The third-order valence-electron chi connectivity index (χ3n) is 4.09. The van der Waals surface area contributed by atoms with Gasteiger partial charge in [-0.25, -0.2) is 0 Å². The summed E-state index contributed by atoms with van der Waals surface area (Å²) in [6.07, 6.45) is 3.44. The number of pyridine rings is 1. The highest BCUT2D eigenvalue weighted by Gasteiger charge is 2.29. The van der Waals surface area contributed by atoms with Gasteiger partial charge in [-0.1, -0.05) is 19.9 Å². The van der Waals surface area contributed by atoms with Gasteiger partial charge in [0.05, 0.1) is 17.7 Å². The van der Waals surface area contributed by atoms with E-state index in [-0.39, 0.29) is 29.7 Å². The number of nitrogens with one attached hydrogen (secondary N) is 1. The number of carbonyl (C=O) groups is 2. The van der Waals surface area contributed by atoms with Gasteiger partial charge in [-0.05, 0) is 31.9 Å². The molecule has 0 unspecified atom stereocenters. The highest BCUT2D eigenvalue weighted by Crippen LogP contribution is 2.20. The standard InChI is InChI=1S/C17H25N3O2/c1-12(2)17(22)20-10-6-7-14(11-20)16(21)19-13(3)15-8-4-5-9-18-15/h4-5,8-9,12-14H,6-7,10-11H2,1-3H3,(H,19,21)/t13-,14+/m0/s1. The molecule has 1 saturated heterocycles. The number of carbonyl (C=O) groups excluding carboxylic acids is 2. The second-order valence-electron chi connectivity index (χ2n) is 6.26. The molecule has 0 bridgehead atoms. The van der Waals surface area contributed by atoms with E-state index in [4.69, 9.17) is 0 Å². The fourth-order valence-corrected chi connectivity index (χ4v) is 2.79. The molecule has 22 heavy (non-hydrogen) atoms. The van der Waals surface area contributed by atoms with Crippen LogP contribution in [0.2, 0.25) is 0 Å². The Labute approximate surface area is 132 Å². The molecule has 0 aromatic carbocycles. The van der Waals surface area contributed by atoms with Crippen molar-refractivity contribution >= 4 is 11.8 Å². The second-order valence-corrected chi connectivity index (χ2v) is 6.26. The van der Waals surface area contributed by atoms with Crippen molar-refractivity contribution in [2.24, 2.45) is 11.8 Å². The third kappa shape index (κ3) is 4.06. The van der Waals surface area contributed by atoms with E-state index in [0.29, 0.717) is 6.54 Å². The maximum absolute atomic E-state index is 12.4. The van der Waals surface area contributed by atoms with Crippen LogP contribution in [0, 0.1) is 11.8 Å². The number of nitrogens with zero attached hydrogens (tertiary/aromatic N) is 2. The van der Waals surface area contributed by atoms with Crippen molar-refractivity contribution in [3.8, 4) is 0 Å². The van der Waals surface area contributed by atoms with Gasteiger partial charge in [0.2, 0.25) is 11.8 Å². The minimum atomic E-state index is -0.123. The zero-order chi connectivity index (χ0) is 16.1. The molecule has 1 N–H and O–H groups in total. The maximum Gasteiger partial charge on any atom is 0.225 e. The number of hydrogen-bond donors (Lipinski definition) is 1. The highest BCUT2D eigenvalue weighted by molar-refractivity contribution is 5.82. The van der Waals surface area contributed by atoms with Crippen molar-refractivity contribution in [1.29, 1.82) is 0 Å². The summed E-state index contributed by atoms with van der Waals surface area (Å²) in [7, 11) is 0. The molecular weight excluding hydrogens is 278 g/mol. The molecule has 0 spiro atoms. The summed E-state index contributed by atoms with van der Waals surface area (Å²) in [4.78, 5) is 30.6. The minimum absolute atomic E-state index is 0.0133. The Morgan fingerprint density at radius 2 is 2.09 bits per heavy atom. The summed E-state index contributed by atoms with van der Waals surface area (Å²) in [6.45, 7) is 7.01. The van der Waals surface area contributed by atoms with Gasteiger partial charge in [0, 0.05) is 25.2 Å². The first-order valence-electron chi connectivity index (χ1n) is 7.99. The SMILES string of the molecule is CC(C)C(=O)N1CCC[C@@H](C(=O)N[C@@H](C)c2ccccn2)C1. The topological polar surface area (TPSA) is 62.3 Å². The lowest BCUT2D eigenvalue weighted by molar-refractivity contribution is -0.138. The fourth-order valence-electron chi connectivity index (χ4n) is 2.79. The molecule has 2 atom stereocenters. The first-order valence-corrected chi connectivity index (χ1v) is 7.99. The molecule has 1 fully saturated rings. The fraction of sp³-hybridized carbons (Fsp3) is 0.588. The van der Waals surface area contributed by atoms with Gasteiger partial charge in [0.15, 0.2) is 0 Å². The Morgan fingerprint density at radius 3 is 2.73 bits per heavy atom. The average molecular weight is 303 g/mol. The summed E-state index contributed by atoms with van der Waals surface area (Å²) in [5.74, 6) is 0.00606. The molecule has 5 heteroatoms. The molecule has 2 heterocycles. The van der Waals surface area contributed by atoms with Crippen molar-refractivity contribution in [2.75, 3.05) is 13.1 Å². The minimum Gasteiger partial charge on any atom is -0.348 e.